The zero-order chi connectivity index (χ0) is 47.4. The van der Waals surface area contributed by atoms with Gasteiger partial charge < -0.3 is 27.9 Å². The van der Waals surface area contributed by atoms with E-state index < -0.39 is 46.3 Å². The molecule has 0 radical (unpaired) electrons. The summed E-state index contributed by atoms with van der Waals surface area (Å²) < 4.78 is 32.9. The highest BCUT2D eigenvalue weighted by atomic mass is 32.2. The second kappa shape index (κ2) is 22.7. The summed E-state index contributed by atoms with van der Waals surface area (Å²) in [5.74, 6) is 0.318. The summed E-state index contributed by atoms with van der Waals surface area (Å²) in [5.41, 5.74) is 0.985. The maximum absolute atomic E-state index is 14.2. The summed E-state index contributed by atoms with van der Waals surface area (Å²) in [6.45, 7) is 34.1. The molecule has 0 aliphatic rings. The topological polar surface area (TPSA) is 97.4 Å². The first-order chi connectivity index (χ1) is 29.1. The first-order valence-corrected chi connectivity index (χ1v) is 28.0. The molecule has 8 nitrogen and oxygen atoms in total. The van der Waals surface area contributed by atoms with Crippen LogP contribution < -0.4 is 15.1 Å². The van der Waals surface area contributed by atoms with E-state index in [9.17, 15) is 14.4 Å². The van der Waals surface area contributed by atoms with E-state index in [1.54, 1.807) is 7.11 Å². The van der Waals surface area contributed by atoms with Gasteiger partial charge in [-0.25, -0.2) is 0 Å². The fourth-order valence-electron chi connectivity index (χ4n) is 7.71. The van der Waals surface area contributed by atoms with Crippen LogP contribution in [0.4, 0.5) is 0 Å². The molecule has 0 aromatic heterocycles. The lowest BCUT2D eigenvalue weighted by atomic mass is 9.75. The summed E-state index contributed by atoms with van der Waals surface area (Å²) in [6, 6.07) is 28.6. The predicted molar refractivity (Wildman–Crippen MR) is 266 cm³/mol. The minimum Gasteiger partial charge on any atom is -0.497 e. The Morgan fingerprint density at radius 1 is 0.714 bits per heavy atom. The molecule has 0 fully saturated rings. The van der Waals surface area contributed by atoms with E-state index in [2.05, 4.69) is 110 Å². The van der Waals surface area contributed by atoms with Gasteiger partial charge in [-0.2, -0.15) is 0 Å². The summed E-state index contributed by atoms with van der Waals surface area (Å²) >= 11 is 1.33. The maximum atomic E-state index is 14.2. The maximum Gasteiger partial charge on any atom is 0.302 e. The third-order valence-corrected chi connectivity index (χ3v) is 23.0. The lowest BCUT2D eigenvalue weighted by molar-refractivity contribution is -0.154. The molecule has 0 amide bonds. The SMILES string of the molecule is C=C(C[C@H](CC=O)O[Si](C)(C)C(C)(C)C)C(C)(C)[C@H](C[C@@H](C[C@H](CC(=O)SC(C)(C)C)O[Si](c1ccccc1)(c1ccccc1)C(C)(C)C)OCc1ccc(OC)cc1)OC(C)=O. The first-order valence-electron chi connectivity index (χ1n) is 22.4. The number of carbonyl (C=O) groups excluding carboxylic acids is 3. The number of hydrogen-bond donors (Lipinski definition) is 0. The van der Waals surface area contributed by atoms with Crippen LogP contribution in [0, 0.1) is 5.41 Å². The molecule has 0 aliphatic heterocycles. The van der Waals surface area contributed by atoms with Gasteiger partial charge in [-0.05, 0) is 64.1 Å². The van der Waals surface area contributed by atoms with Gasteiger partial charge in [-0.1, -0.05) is 173 Å². The van der Waals surface area contributed by atoms with Crippen LogP contribution in [0.2, 0.25) is 23.2 Å². The molecule has 0 heterocycles. The minimum atomic E-state index is -3.15. The lowest BCUT2D eigenvalue weighted by Gasteiger charge is -2.46. The summed E-state index contributed by atoms with van der Waals surface area (Å²) in [5, 5.41) is 1.85. The van der Waals surface area contributed by atoms with E-state index in [0.29, 0.717) is 19.3 Å². The molecule has 348 valence electrons. The van der Waals surface area contributed by atoms with E-state index >= 15 is 0 Å². The molecule has 0 spiro atoms. The number of rotatable bonds is 23. The van der Waals surface area contributed by atoms with Gasteiger partial charge in [-0.15, -0.1) is 0 Å². The quantitative estimate of drug-likeness (QED) is 0.0399. The molecule has 63 heavy (non-hydrogen) atoms. The molecule has 0 bridgehead atoms. The normalized spacial score (nSPS) is 14.9. The van der Waals surface area contributed by atoms with Gasteiger partial charge in [0.25, 0.3) is 8.32 Å². The summed E-state index contributed by atoms with van der Waals surface area (Å²) in [6.07, 6.45) is 0.210. The highest BCUT2D eigenvalue weighted by Gasteiger charge is 2.52. The van der Waals surface area contributed by atoms with Crippen molar-refractivity contribution in [3.05, 3.63) is 103 Å². The number of thioether (sulfide) groups is 1. The van der Waals surface area contributed by atoms with Gasteiger partial charge in [0.15, 0.2) is 13.4 Å². The van der Waals surface area contributed by atoms with E-state index in [4.69, 9.17) is 23.1 Å². The number of ether oxygens (including phenoxy) is 3. The van der Waals surface area contributed by atoms with Crippen LogP contribution in [0.1, 0.15) is 121 Å². The zero-order valence-corrected chi connectivity index (χ0v) is 43.9. The second-order valence-corrected chi connectivity index (χ2v) is 31.9. The summed E-state index contributed by atoms with van der Waals surface area (Å²) in [7, 11) is -3.76. The number of carbonyl (C=O) groups is 3. The van der Waals surface area contributed by atoms with Crippen molar-refractivity contribution in [1.82, 2.24) is 0 Å². The number of hydrogen-bond acceptors (Lipinski definition) is 9. The largest absolute Gasteiger partial charge is 0.497 e. The Morgan fingerprint density at radius 3 is 1.70 bits per heavy atom. The van der Waals surface area contributed by atoms with Crippen molar-refractivity contribution < 1.29 is 37.4 Å². The Kier molecular flexibility index (Phi) is 19.5. The highest BCUT2D eigenvalue weighted by Crippen LogP contribution is 2.43. The predicted octanol–water partition coefficient (Wildman–Crippen LogP) is 11.6. The molecular weight excluding hydrogens is 841 g/mol. The van der Waals surface area contributed by atoms with Crippen LogP contribution in [0.15, 0.2) is 97.1 Å². The monoisotopic (exact) mass is 918 g/mol. The Bertz CT molecular complexity index is 1870. The van der Waals surface area contributed by atoms with Gasteiger partial charge >= 0.3 is 5.97 Å². The number of esters is 1. The molecule has 0 unspecified atom stereocenters. The third-order valence-electron chi connectivity index (χ3n) is 12.3. The molecule has 4 atom stereocenters. The van der Waals surface area contributed by atoms with Crippen LogP contribution in [0.3, 0.4) is 0 Å². The second-order valence-electron chi connectivity index (χ2n) is 21.0. The summed E-state index contributed by atoms with van der Waals surface area (Å²) in [4.78, 5) is 39.2. The third kappa shape index (κ3) is 15.7. The van der Waals surface area contributed by atoms with Gasteiger partial charge in [0.1, 0.15) is 18.1 Å². The molecule has 11 heteroatoms. The highest BCUT2D eigenvalue weighted by molar-refractivity contribution is 8.14. The van der Waals surface area contributed by atoms with E-state index in [-0.39, 0.29) is 45.5 Å². The van der Waals surface area contributed by atoms with Gasteiger partial charge in [0, 0.05) is 36.3 Å². The number of methoxy groups -OCH3 is 1. The van der Waals surface area contributed by atoms with Crippen LogP contribution in [-0.4, -0.2) is 70.3 Å². The smallest absolute Gasteiger partial charge is 0.302 e. The Morgan fingerprint density at radius 2 is 1.25 bits per heavy atom. The van der Waals surface area contributed by atoms with Crippen molar-refractivity contribution in [2.45, 2.75) is 174 Å². The zero-order valence-electron chi connectivity index (χ0n) is 41.1. The van der Waals surface area contributed by atoms with Crippen LogP contribution in [0.25, 0.3) is 0 Å². The van der Waals surface area contributed by atoms with E-state index in [1.165, 1.54) is 18.7 Å². The molecule has 3 aromatic carbocycles. The van der Waals surface area contributed by atoms with Crippen molar-refractivity contribution in [3.8, 4) is 5.75 Å². The number of aldehydes is 1. The van der Waals surface area contributed by atoms with E-state index in [0.717, 1.165) is 33.5 Å². The Labute approximate surface area is 386 Å². The molecule has 0 N–H and O–H groups in total. The average Bonchev–Trinajstić information content (AvgIpc) is 3.17. The number of benzene rings is 3. The van der Waals surface area contributed by atoms with Gasteiger partial charge in [-0.3, -0.25) is 9.59 Å². The Balaban J connectivity index is 2.20. The van der Waals surface area contributed by atoms with Gasteiger partial charge in [0.2, 0.25) is 0 Å². The van der Waals surface area contributed by atoms with Crippen molar-refractivity contribution in [3.63, 3.8) is 0 Å². The van der Waals surface area contributed by atoms with Crippen molar-refractivity contribution in [2.24, 2.45) is 5.41 Å². The van der Waals surface area contributed by atoms with Crippen molar-refractivity contribution in [1.29, 1.82) is 0 Å². The molecule has 0 aliphatic carbocycles. The average molecular weight is 919 g/mol. The van der Waals surface area contributed by atoms with E-state index in [1.807, 2.05) is 71.0 Å². The fourth-order valence-corrected chi connectivity index (χ4v) is 14.7. The van der Waals surface area contributed by atoms with Gasteiger partial charge in [0.05, 0.1) is 32.0 Å². The Hall–Kier alpha value is -3.33. The van der Waals surface area contributed by atoms with Crippen molar-refractivity contribution in [2.75, 3.05) is 7.11 Å². The lowest BCUT2D eigenvalue weighted by Crippen LogP contribution is -2.68. The van der Waals surface area contributed by atoms with Crippen LogP contribution in [0.5, 0.6) is 5.75 Å². The van der Waals surface area contributed by atoms with Crippen molar-refractivity contribution >= 4 is 56.1 Å². The fraction of sp³-hybridized carbons (Fsp3) is 0.558. The molecular formula is C52H78O8SSi2. The molecule has 3 aromatic rings. The standard InChI is InChI=1S/C52H78O8SSi2/c1-38(33-42(31-32-53)59-62(15,16)50(6,7)8)52(12,13)47(58-39(2)54)35-43(57-37-40-27-29-41(56-14)30-28-40)34-44(36-48(55)61-49(3,4)5)60-63(51(9,10)11,45-23-19-17-20-24-45)46-25-21-18-22-26-46/h17-30,32,42-44,47H,1,31,33-37H2,2-16H3/t42-,43+,44+,47-/m0/s1. The molecule has 0 saturated carbocycles. The molecule has 0 saturated heterocycles. The minimum absolute atomic E-state index is 0.0348. The first kappa shape index (κ1) is 54.0. The van der Waals surface area contributed by atoms with Crippen LogP contribution >= 0.6 is 11.8 Å². The molecule has 3 rings (SSSR count). The van der Waals surface area contributed by atoms with Crippen LogP contribution in [-0.2, 0) is 39.3 Å².